The van der Waals surface area contributed by atoms with Crippen molar-refractivity contribution < 1.29 is 29.1 Å². The van der Waals surface area contributed by atoms with Gasteiger partial charge in [-0.15, -0.1) is 16.9 Å². The Balaban J connectivity index is 1.16. The van der Waals surface area contributed by atoms with Crippen molar-refractivity contribution in [2.45, 2.75) is 63.0 Å². The smallest absolute Gasteiger partial charge is 0.353 e. The largest absolute Gasteiger partial charge is 0.477 e. The summed E-state index contributed by atoms with van der Waals surface area (Å²) in [6.07, 6.45) is 2.20. The summed E-state index contributed by atoms with van der Waals surface area (Å²) < 4.78 is 1.27. The molecule has 0 saturated carbocycles. The fourth-order valence-electron chi connectivity index (χ4n) is 6.44. The van der Waals surface area contributed by atoms with Crippen molar-refractivity contribution in [3.63, 3.8) is 0 Å². The van der Waals surface area contributed by atoms with Crippen molar-refractivity contribution in [1.29, 1.82) is 5.41 Å². The quantitative estimate of drug-likeness (QED) is 0.0995. The number of rotatable bonds is 11. The van der Waals surface area contributed by atoms with Crippen molar-refractivity contribution in [3.8, 4) is 0 Å². The highest BCUT2D eigenvalue weighted by Gasteiger charge is 2.60. The van der Waals surface area contributed by atoms with Gasteiger partial charge in [-0.1, -0.05) is 6.92 Å². The highest BCUT2D eigenvalue weighted by atomic mass is 32.2. The molecule has 238 valence electrons. The number of aromatic nitrogens is 4. The fourth-order valence-corrected chi connectivity index (χ4v) is 7.92. The number of amides is 4. The maximum absolute atomic E-state index is 13.3. The molecule has 3 saturated heterocycles. The van der Waals surface area contributed by atoms with Crippen molar-refractivity contribution in [1.82, 2.24) is 45.5 Å². The van der Waals surface area contributed by atoms with E-state index in [9.17, 15) is 29.1 Å². The molecule has 18 heteroatoms. The molecule has 17 nitrogen and oxygen atoms in total. The van der Waals surface area contributed by atoms with Gasteiger partial charge in [-0.05, 0) is 23.8 Å². The molecule has 4 aliphatic rings. The summed E-state index contributed by atoms with van der Waals surface area (Å²) in [5.74, 6) is -2.91. The van der Waals surface area contributed by atoms with E-state index in [1.807, 2.05) is 6.92 Å². The Morgan fingerprint density at radius 1 is 1.20 bits per heavy atom. The number of hydrogen-bond donors (Lipinski definition) is 5. The van der Waals surface area contributed by atoms with Gasteiger partial charge < -0.3 is 36.2 Å². The van der Waals surface area contributed by atoms with Crippen LogP contribution >= 0.6 is 11.8 Å². The molecule has 4 aliphatic heterocycles. The Kier molecular flexibility index (Phi) is 9.19. The molecule has 4 amide bonds. The number of carboxylic acids is 1. The monoisotopic (exact) mass is 631 g/mol. The lowest BCUT2D eigenvalue weighted by molar-refractivity contribution is -0.158. The van der Waals surface area contributed by atoms with E-state index in [0.29, 0.717) is 44.0 Å². The number of nitrogens with two attached hydrogens (primary N) is 1. The highest BCUT2D eigenvalue weighted by molar-refractivity contribution is 8.03. The normalized spacial score (nSPS) is 27.2. The van der Waals surface area contributed by atoms with E-state index >= 15 is 0 Å². The predicted molar refractivity (Wildman–Crippen MR) is 155 cm³/mol. The van der Waals surface area contributed by atoms with E-state index in [4.69, 9.17) is 11.1 Å². The summed E-state index contributed by atoms with van der Waals surface area (Å²) in [7, 11) is 0. The number of fused-ring (bicyclic) bond motifs is 1. The zero-order valence-electron chi connectivity index (χ0n) is 24.5. The molecule has 0 spiro atoms. The second-order valence-corrected chi connectivity index (χ2v) is 12.9. The first-order chi connectivity index (χ1) is 21.0. The Labute approximate surface area is 257 Å². The van der Waals surface area contributed by atoms with Crippen molar-refractivity contribution >= 4 is 47.2 Å². The summed E-state index contributed by atoms with van der Waals surface area (Å²) >= 11 is 1.40. The molecule has 0 unspecified atom stereocenters. The Morgan fingerprint density at radius 3 is 2.55 bits per heavy atom. The Bertz CT molecular complexity index is 1360. The van der Waals surface area contributed by atoms with Gasteiger partial charge in [0.15, 0.2) is 0 Å². The maximum atomic E-state index is 13.3. The van der Waals surface area contributed by atoms with Crippen molar-refractivity contribution in [3.05, 3.63) is 16.9 Å². The van der Waals surface area contributed by atoms with Gasteiger partial charge in [-0.3, -0.25) is 24.6 Å². The third-order valence-electron chi connectivity index (χ3n) is 8.65. The summed E-state index contributed by atoms with van der Waals surface area (Å²) in [5, 5.41) is 34.1. The number of hydrogen-bond acceptors (Lipinski definition) is 11. The molecule has 44 heavy (non-hydrogen) atoms. The standard InChI is InChI=1S/C26H37N11O6S/c1-13-21-20(14(2)31-18(38)11-36-12-30-32-33-36)25(41)37(21)22(26(42)43)23(13)44-15-9-16(29-10-15)24(40)35-7-5-34(6-8-35)19(39)4-3-17(27)28/h12-16,20-21,29H,3-11H2,1-2H3,(H3,27,28)(H,31,38)(H,42,43)/t13-,14-,15+,16+,20-,21-/m1/s1. The second-order valence-electron chi connectivity index (χ2n) is 11.6. The molecule has 1 aromatic heterocycles. The minimum Gasteiger partial charge on any atom is -0.477 e. The summed E-state index contributed by atoms with van der Waals surface area (Å²) in [4.78, 5) is 69.0. The molecular weight excluding hydrogens is 594 g/mol. The van der Waals surface area contributed by atoms with E-state index in [-0.39, 0.29) is 65.7 Å². The Morgan fingerprint density at radius 2 is 1.91 bits per heavy atom. The number of aliphatic carboxylic acids is 1. The van der Waals surface area contributed by atoms with Crippen LogP contribution in [0, 0.1) is 17.2 Å². The minimum absolute atomic E-state index is 0.0266. The van der Waals surface area contributed by atoms with Gasteiger partial charge in [-0.2, -0.15) is 0 Å². The van der Waals surface area contributed by atoms with Gasteiger partial charge in [0.2, 0.25) is 23.6 Å². The van der Waals surface area contributed by atoms with Gasteiger partial charge in [0.1, 0.15) is 18.6 Å². The first kappa shape index (κ1) is 31.4. The molecule has 0 aliphatic carbocycles. The predicted octanol–water partition coefficient (Wildman–Crippen LogP) is -2.20. The zero-order chi connectivity index (χ0) is 31.7. The number of tetrazole rings is 1. The van der Waals surface area contributed by atoms with Crippen molar-refractivity contribution in [2.24, 2.45) is 17.6 Å². The van der Waals surface area contributed by atoms with E-state index in [1.54, 1.807) is 16.7 Å². The number of carbonyl (C=O) groups is 5. The molecular formula is C26H37N11O6S. The zero-order valence-corrected chi connectivity index (χ0v) is 25.3. The van der Waals surface area contributed by atoms with Crippen LogP contribution in [0.3, 0.4) is 0 Å². The maximum Gasteiger partial charge on any atom is 0.353 e. The van der Waals surface area contributed by atoms with Gasteiger partial charge >= 0.3 is 5.97 Å². The van der Waals surface area contributed by atoms with Crippen LogP contribution in [-0.4, -0.2) is 132 Å². The average Bonchev–Trinajstić information content (AvgIpc) is 3.71. The first-order valence-electron chi connectivity index (χ1n) is 14.6. The van der Waals surface area contributed by atoms with Crippen LogP contribution in [0.4, 0.5) is 0 Å². The lowest BCUT2D eigenvalue weighted by Crippen LogP contribution is -2.66. The van der Waals surface area contributed by atoms with Crippen LogP contribution in [0.5, 0.6) is 0 Å². The summed E-state index contributed by atoms with van der Waals surface area (Å²) in [5.41, 5.74) is 5.33. The minimum atomic E-state index is -1.18. The molecule has 5 heterocycles. The van der Waals surface area contributed by atoms with E-state index in [0.717, 1.165) is 0 Å². The summed E-state index contributed by atoms with van der Waals surface area (Å²) in [6, 6.07) is -1.37. The number of nitrogens with zero attached hydrogens (tertiary/aromatic N) is 7. The molecule has 3 fully saturated rings. The van der Waals surface area contributed by atoms with Crippen LogP contribution in [0.2, 0.25) is 0 Å². The number of carboxylic acid groups (broad SMARTS) is 1. The molecule has 0 radical (unpaired) electrons. The van der Waals surface area contributed by atoms with Crippen LogP contribution < -0.4 is 16.4 Å². The van der Waals surface area contributed by atoms with Gasteiger partial charge in [-0.25, -0.2) is 9.48 Å². The number of amidine groups is 1. The van der Waals surface area contributed by atoms with Gasteiger partial charge in [0.05, 0.1) is 23.8 Å². The molecule has 0 aromatic carbocycles. The van der Waals surface area contributed by atoms with Gasteiger partial charge in [0.25, 0.3) is 0 Å². The van der Waals surface area contributed by atoms with Crippen molar-refractivity contribution in [2.75, 3.05) is 32.7 Å². The molecule has 5 rings (SSSR count). The molecule has 6 N–H and O–H groups in total. The topological polar surface area (TPSA) is 233 Å². The lowest BCUT2D eigenvalue weighted by atomic mass is 9.78. The van der Waals surface area contributed by atoms with Crippen LogP contribution in [0.25, 0.3) is 0 Å². The third kappa shape index (κ3) is 6.26. The van der Waals surface area contributed by atoms with E-state index in [1.165, 1.54) is 27.7 Å². The Hall–Kier alpha value is -4.06. The number of β-lactam (4-membered cyclic amide) rings is 1. The molecule has 0 bridgehead atoms. The molecule has 6 atom stereocenters. The van der Waals surface area contributed by atoms with Crippen LogP contribution in [0.1, 0.15) is 33.1 Å². The van der Waals surface area contributed by atoms with E-state index in [2.05, 4.69) is 26.2 Å². The SMILES string of the molecule is C[C@@H](NC(=O)Cn1cnnn1)[C@H]1C(=O)N2C(C(=O)O)=C(S[C@@H]3CN[C@H](C(=O)N4CCN(C(=O)CCC(=N)N)CC4)C3)[C@H](C)[C@H]12. The number of nitrogens with one attached hydrogen (secondary N) is 3. The van der Waals surface area contributed by atoms with Crippen LogP contribution in [0.15, 0.2) is 16.9 Å². The second kappa shape index (κ2) is 12.9. The summed E-state index contributed by atoms with van der Waals surface area (Å²) in [6.45, 7) is 5.69. The van der Waals surface area contributed by atoms with Crippen LogP contribution in [-0.2, 0) is 30.5 Å². The average molecular weight is 632 g/mol. The highest BCUT2D eigenvalue weighted by Crippen LogP contribution is 2.51. The molecule has 1 aromatic rings. The van der Waals surface area contributed by atoms with E-state index < -0.39 is 30.0 Å². The fraction of sp³-hybridized carbons (Fsp3) is 0.654. The number of carbonyl (C=O) groups excluding carboxylic acids is 4. The number of thioether (sulfide) groups is 1. The lowest BCUT2D eigenvalue weighted by Gasteiger charge is -2.47. The first-order valence-corrected chi connectivity index (χ1v) is 15.4. The van der Waals surface area contributed by atoms with Gasteiger partial charge in [0, 0.05) is 67.7 Å². The third-order valence-corrected chi connectivity index (χ3v) is 10.2. The number of piperazine rings is 1.